The molecule has 3 rings (SSSR count). The average molecular weight is 276 g/mol. The summed E-state index contributed by atoms with van der Waals surface area (Å²) in [5, 5.41) is 3.11. The van der Waals surface area contributed by atoms with Crippen molar-refractivity contribution in [1.29, 1.82) is 0 Å². The summed E-state index contributed by atoms with van der Waals surface area (Å²) in [6, 6.07) is 1.90. The van der Waals surface area contributed by atoms with Gasteiger partial charge in [0.2, 0.25) is 5.91 Å². The molecule has 1 N–H and O–H groups in total. The Morgan fingerprint density at radius 1 is 1.35 bits per heavy atom. The molecule has 2 atom stereocenters. The summed E-state index contributed by atoms with van der Waals surface area (Å²) in [6.07, 6.45) is 5.66. The van der Waals surface area contributed by atoms with Crippen LogP contribution in [0.4, 0.5) is 0 Å². The van der Waals surface area contributed by atoms with Gasteiger partial charge in [-0.3, -0.25) is 9.59 Å². The van der Waals surface area contributed by atoms with Crippen LogP contribution in [0.15, 0.2) is 23.0 Å². The summed E-state index contributed by atoms with van der Waals surface area (Å²) in [6.45, 7) is 3.49. The van der Waals surface area contributed by atoms with Crippen LogP contribution in [0.2, 0.25) is 0 Å². The van der Waals surface area contributed by atoms with Crippen molar-refractivity contribution in [3.63, 3.8) is 0 Å². The number of carbonyl (C=O) groups is 2. The van der Waals surface area contributed by atoms with E-state index >= 15 is 0 Å². The molecular formula is C15H20N2O3. The standard InChI is InChI=1S/C15H20N2O3/c1-10-8-13(10)14(18)16-12-2-5-17(6-3-12)15(19)11-4-7-20-9-11/h4,7,9-10,12-13H,2-3,5-6,8H2,1H3,(H,16,18)/t10-,13-/m0/s1. The fourth-order valence-corrected chi connectivity index (χ4v) is 2.79. The molecule has 0 unspecified atom stereocenters. The van der Waals surface area contributed by atoms with E-state index in [1.165, 1.54) is 12.5 Å². The lowest BCUT2D eigenvalue weighted by Gasteiger charge is -2.32. The Kier molecular flexibility index (Phi) is 3.51. The predicted octanol–water partition coefficient (Wildman–Crippen LogP) is 1.66. The number of likely N-dealkylation sites (tertiary alicyclic amines) is 1. The summed E-state index contributed by atoms with van der Waals surface area (Å²) in [5.74, 6) is 0.967. The molecule has 1 aromatic heterocycles. The van der Waals surface area contributed by atoms with Crippen molar-refractivity contribution in [1.82, 2.24) is 10.2 Å². The van der Waals surface area contributed by atoms with Crippen molar-refractivity contribution >= 4 is 11.8 Å². The van der Waals surface area contributed by atoms with Crippen LogP contribution in [-0.4, -0.2) is 35.8 Å². The number of hydrogen-bond acceptors (Lipinski definition) is 3. The highest BCUT2D eigenvalue weighted by molar-refractivity contribution is 5.93. The summed E-state index contributed by atoms with van der Waals surface area (Å²) in [7, 11) is 0. The lowest BCUT2D eigenvalue weighted by molar-refractivity contribution is -0.123. The Morgan fingerprint density at radius 2 is 2.05 bits per heavy atom. The van der Waals surface area contributed by atoms with Crippen LogP contribution in [0.1, 0.15) is 36.5 Å². The SMILES string of the molecule is C[C@H]1C[C@@H]1C(=O)NC1CCN(C(=O)c2ccoc2)CC1. The lowest BCUT2D eigenvalue weighted by atomic mass is 10.0. The number of piperidine rings is 1. The highest BCUT2D eigenvalue weighted by Crippen LogP contribution is 2.37. The fraction of sp³-hybridized carbons (Fsp3) is 0.600. The molecule has 5 nitrogen and oxygen atoms in total. The Morgan fingerprint density at radius 3 is 2.60 bits per heavy atom. The van der Waals surface area contributed by atoms with Crippen molar-refractivity contribution < 1.29 is 14.0 Å². The smallest absolute Gasteiger partial charge is 0.257 e. The van der Waals surface area contributed by atoms with Crippen LogP contribution >= 0.6 is 0 Å². The van der Waals surface area contributed by atoms with Gasteiger partial charge in [0.05, 0.1) is 11.8 Å². The first-order chi connectivity index (χ1) is 9.65. The number of rotatable bonds is 3. The molecule has 20 heavy (non-hydrogen) atoms. The van der Waals surface area contributed by atoms with Crippen molar-refractivity contribution in [3.8, 4) is 0 Å². The summed E-state index contributed by atoms with van der Waals surface area (Å²) in [5.41, 5.74) is 0.597. The molecule has 0 spiro atoms. The van der Waals surface area contributed by atoms with Crippen LogP contribution in [0.3, 0.4) is 0 Å². The third kappa shape index (κ3) is 2.71. The first kappa shape index (κ1) is 13.2. The van der Waals surface area contributed by atoms with Crippen molar-refractivity contribution in [3.05, 3.63) is 24.2 Å². The molecule has 5 heteroatoms. The molecule has 1 saturated carbocycles. The largest absolute Gasteiger partial charge is 0.472 e. The maximum Gasteiger partial charge on any atom is 0.257 e. The van der Waals surface area contributed by atoms with E-state index in [-0.39, 0.29) is 23.8 Å². The third-order valence-electron chi connectivity index (χ3n) is 4.34. The minimum Gasteiger partial charge on any atom is -0.472 e. The number of furan rings is 1. The monoisotopic (exact) mass is 276 g/mol. The van der Waals surface area contributed by atoms with Gasteiger partial charge in [0.25, 0.3) is 5.91 Å². The number of nitrogens with one attached hydrogen (secondary N) is 1. The molecule has 1 aliphatic heterocycles. The summed E-state index contributed by atoms with van der Waals surface area (Å²) in [4.78, 5) is 25.8. The Labute approximate surface area is 118 Å². The van der Waals surface area contributed by atoms with Crippen LogP contribution in [0, 0.1) is 11.8 Å². The molecule has 1 aliphatic carbocycles. The first-order valence-corrected chi connectivity index (χ1v) is 7.27. The fourth-order valence-electron chi connectivity index (χ4n) is 2.79. The minimum absolute atomic E-state index is 0.0133. The van der Waals surface area contributed by atoms with Crippen LogP contribution < -0.4 is 5.32 Å². The second kappa shape index (κ2) is 5.31. The van der Waals surface area contributed by atoms with Crippen molar-refractivity contribution in [2.24, 2.45) is 11.8 Å². The van der Waals surface area contributed by atoms with Crippen LogP contribution in [0.25, 0.3) is 0 Å². The maximum atomic E-state index is 12.1. The molecule has 0 bridgehead atoms. The van der Waals surface area contributed by atoms with E-state index in [0.717, 1.165) is 19.3 Å². The lowest BCUT2D eigenvalue weighted by Crippen LogP contribution is -2.47. The average Bonchev–Trinajstić information content (AvgIpc) is 2.97. The zero-order chi connectivity index (χ0) is 14.1. The Bertz CT molecular complexity index is 489. The molecule has 108 valence electrons. The van der Waals surface area contributed by atoms with E-state index in [9.17, 15) is 9.59 Å². The quantitative estimate of drug-likeness (QED) is 0.913. The number of hydrogen-bond donors (Lipinski definition) is 1. The number of nitrogens with zero attached hydrogens (tertiary/aromatic N) is 1. The van der Waals surface area contributed by atoms with Gasteiger partial charge in [-0.2, -0.15) is 0 Å². The highest BCUT2D eigenvalue weighted by Gasteiger charge is 2.40. The second-order valence-electron chi connectivity index (χ2n) is 5.91. The second-order valence-corrected chi connectivity index (χ2v) is 5.91. The third-order valence-corrected chi connectivity index (χ3v) is 4.34. The van der Waals surface area contributed by atoms with Gasteiger partial charge in [0.15, 0.2) is 0 Å². The van der Waals surface area contributed by atoms with Gasteiger partial charge < -0.3 is 14.6 Å². The molecule has 1 saturated heterocycles. The minimum atomic E-state index is 0.0133. The zero-order valence-electron chi connectivity index (χ0n) is 11.7. The Balaban J connectivity index is 1.47. The zero-order valence-corrected chi connectivity index (χ0v) is 11.7. The van der Waals surface area contributed by atoms with E-state index in [4.69, 9.17) is 4.42 Å². The summed E-state index contributed by atoms with van der Waals surface area (Å²) >= 11 is 0. The number of amides is 2. The molecule has 0 aromatic carbocycles. The number of carbonyl (C=O) groups excluding carboxylic acids is 2. The molecule has 0 radical (unpaired) electrons. The van der Waals surface area contributed by atoms with E-state index in [2.05, 4.69) is 12.2 Å². The van der Waals surface area contributed by atoms with E-state index in [1.807, 2.05) is 4.90 Å². The first-order valence-electron chi connectivity index (χ1n) is 7.27. The van der Waals surface area contributed by atoms with E-state index < -0.39 is 0 Å². The molecule has 2 amide bonds. The predicted molar refractivity (Wildman–Crippen MR) is 73.0 cm³/mol. The van der Waals surface area contributed by atoms with Gasteiger partial charge in [-0.05, 0) is 31.2 Å². The maximum absolute atomic E-state index is 12.1. The Hall–Kier alpha value is -1.78. The van der Waals surface area contributed by atoms with Crippen LogP contribution in [0.5, 0.6) is 0 Å². The molecule has 2 fully saturated rings. The van der Waals surface area contributed by atoms with Crippen molar-refractivity contribution in [2.45, 2.75) is 32.2 Å². The van der Waals surface area contributed by atoms with Gasteiger partial charge in [0.1, 0.15) is 6.26 Å². The van der Waals surface area contributed by atoms with Crippen molar-refractivity contribution in [2.75, 3.05) is 13.1 Å². The van der Waals surface area contributed by atoms with Gasteiger partial charge in [-0.25, -0.2) is 0 Å². The molecule has 1 aromatic rings. The molecular weight excluding hydrogens is 256 g/mol. The molecule has 2 heterocycles. The van der Waals surface area contributed by atoms with Crippen LogP contribution in [-0.2, 0) is 4.79 Å². The topological polar surface area (TPSA) is 62.6 Å². The highest BCUT2D eigenvalue weighted by atomic mass is 16.3. The van der Waals surface area contributed by atoms with E-state index in [1.54, 1.807) is 6.07 Å². The van der Waals surface area contributed by atoms with Gasteiger partial charge in [-0.1, -0.05) is 6.92 Å². The summed E-state index contributed by atoms with van der Waals surface area (Å²) < 4.78 is 4.94. The van der Waals surface area contributed by atoms with Gasteiger partial charge in [-0.15, -0.1) is 0 Å². The van der Waals surface area contributed by atoms with Gasteiger partial charge in [0, 0.05) is 25.0 Å². The van der Waals surface area contributed by atoms with E-state index in [0.29, 0.717) is 24.6 Å². The van der Waals surface area contributed by atoms with Gasteiger partial charge >= 0.3 is 0 Å². The normalized spacial score (nSPS) is 26.4. The molecule has 2 aliphatic rings.